The van der Waals surface area contributed by atoms with Crippen molar-refractivity contribution in [1.29, 1.82) is 0 Å². The minimum absolute atomic E-state index is 0. The molecule has 0 spiro atoms. The predicted molar refractivity (Wildman–Crippen MR) is 110 cm³/mol. The number of aromatic nitrogens is 6. The molecule has 0 aliphatic rings. The zero-order valence-corrected chi connectivity index (χ0v) is 18.1. The maximum absolute atomic E-state index is 10.8. The Morgan fingerprint density at radius 3 is 0.800 bits per heavy atom. The number of nitrogens with one attached hydrogen (secondary N) is 3. The molecule has 0 amide bonds. The molecule has 18 nitrogen and oxygen atoms in total. The van der Waals surface area contributed by atoms with Crippen LogP contribution in [-0.2, 0) is 0 Å². The number of aromatic amines is 3. The van der Waals surface area contributed by atoms with Crippen LogP contribution in [0.15, 0.2) is 28.8 Å². The van der Waals surface area contributed by atoms with Gasteiger partial charge in [0.1, 0.15) is 0 Å². The lowest BCUT2D eigenvalue weighted by molar-refractivity contribution is -0.176. The minimum atomic E-state index is -1.16. The highest BCUT2D eigenvalue weighted by Crippen LogP contribution is 1.78. The summed E-state index contributed by atoms with van der Waals surface area (Å²) in [5, 5.41) is 12.0. The van der Waals surface area contributed by atoms with Crippen molar-refractivity contribution in [1.82, 2.24) is 27.2 Å². The van der Waals surface area contributed by atoms with Gasteiger partial charge in [0.05, 0.1) is 11.9 Å². The van der Waals surface area contributed by atoms with Crippen molar-refractivity contribution in [2.75, 3.05) is 0 Å². The zero-order chi connectivity index (χ0) is 20.3. The van der Waals surface area contributed by atoms with Crippen LogP contribution in [-0.4, -0.2) is 58.8 Å². The van der Waals surface area contributed by atoms with Gasteiger partial charge in [0.25, 0.3) is 0 Å². The van der Waals surface area contributed by atoms with Gasteiger partial charge in [0.2, 0.25) is 0 Å². The number of rotatable bonds is 0. The van der Waals surface area contributed by atoms with E-state index in [9.17, 15) is 28.8 Å². The second-order valence-electron chi connectivity index (χ2n) is 3.05. The Morgan fingerprint density at radius 1 is 0.533 bits per heavy atom. The molecule has 2 heterocycles. The molecule has 0 fully saturated rings. The van der Waals surface area contributed by atoms with Crippen molar-refractivity contribution in [3.8, 4) is 0 Å². The highest BCUT2D eigenvalue weighted by Gasteiger charge is 2.10. The molecule has 0 bridgehead atoms. The van der Waals surface area contributed by atoms with Crippen molar-refractivity contribution in [2.45, 2.75) is 0 Å². The van der Waals surface area contributed by atoms with Crippen molar-refractivity contribution < 1.29 is 31.6 Å². The van der Waals surface area contributed by atoms with Gasteiger partial charge in [0, 0.05) is 35.3 Å². The van der Waals surface area contributed by atoms with Crippen LogP contribution in [0.4, 0.5) is 0 Å². The number of hydrogen-bond acceptors (Lipinski definition) is 9. The van der Waals surface area contributed by atoms with E-state index in [1.807, 2.05) is 0 Å². The van der Waals surface area contributed by atoms with E-state index < -0.39 is 34.1 Å². The van der Waals surface area contributed by atoms with E-state index in [2.05, 4.69) is 11.9 Å². The van der Waals surface area contributed by atoms with Crippen LogP contribution in [0.25, 0.3) is 0 Å². The molecule has 2 aromatic heterocycles. The van der Waals surface area contributed by atoms with Crippen molar-refractivity contribution in [2.24, 2.45) is 0 Å². The fraction of sp³-hybridized carbons (Fsp3) is 0. The quantitative estimate of drug-likeness (QED) is 0.130. The summed E-state index contributed by atoms with van der Waals surface area (Å²) in [6.07, 6.45) is 0. The third-order valence-electron chi connectivity index (χ3n) is 1.69. The average molecular weight is 575 g/mol. The molecule has 0 saturated carbocycles. The summed E-state index contributed by atoms with van der Waals surface area (Å²) in [4.78, 5) is 68.2. The van der Waals surface area contributed by atoms with Gasteiger partial charge in [-0.25, -0.2) is 28.8 Å². The summed E-state index contributed by atoms with van der Waals surface area (Å²) < 4.78 is 6.73. The monoisotopic (exact) mass is 572 g/mol. The molecule has 0 unspecified atom stereocenters. The Kier molecular flexibility index (Phi) is 36.6. The minimum Gasteiger partial charge on any atom is -0.412 e. The van der Waals surface area contributed by atoms with E-state index in [0.29, 0.717) is 0 Å². The molecule has 182 valence electrons. The van der Waals surface area contributed by atoms with Crippen LogP contribution >= 0.6 is 72.0 Å². The Morgan fingerprint density at radius 2 is 0.667 bits per heavy atom. The summed E-state index contributed by atoms with van der Waals surface area (Å²) in [5.74, 6) is 0. The Labute approximate surface area is 193 Å². The molecule has 2 rings (SSSR count). The summed E-state index contributed by atoms with van der Waals surface area (Å²) in [7, 11) is 0. The third-order valence-corrected chi connectivity index (χ3v) is 2.56. The average Bonchev–Trinajstić information content (AvgIpc) is 2.59. The first kappa shape index (κ1) is 46.5. The molecule has 12 N–H and O–H groups in total. The van der Waals surface area contributed by atoms with Gasteiger partial charge < -0.3 is 16.4 Å². The molecule has 0 aliphatic carbocycles. The van der Waals surface area contributed by atoms with E-state index in [-0.39, 0.29) is 53.5 Å². The van der Waals surface area contributed by atoms with Gasteiger partial charge in [-0.15, -0.1) is 37.1 Å². The zero-order valence-electron chi connectivity index (χ0n) is 13.5. The fourth-order valence-electron chi connectivity index (χ4n) is 0.880. The Balaban J connectivity index is -0.0000000537. The molecule has 0 atom stereocenters. The van der Waals surface area contributed by atoms with Crippen molar-refractivity contribution in [3.63, 3.8) is 0 Å². The highest BCUT2D eigenvalue weighted by atomic mass is 35.5. The van der Waals surface area contributed by atoms with Crippen LogP contribution in [0.1, 0.15) is 0 Å². The Bertz CT molecular complexity index is 840. The SMILES string of the molecule is Cl.Cl.O.O.O.O=c1[nH]c(=O)[nH]c(=O)[nH]1.O=c1n(Cl)c(=O)n(Cl)c(=O)n1Cl.OCl.OO. The van der Waals surface area contributed by atoms with Crippen LogP contribution < -0.4 is 34.1 Å². The molecule has 24 heteroatoms. The van der Waals surface area contributed by atoms with Crippen LogP contribution in [0.5, 0.6) is 0 Å². The molecular weight excluding hydrogens is 561 g/mol. The topological polar surface area (TPSA) is 320 Å². The van der Waals surface area contributed by atoms with Crippen LogP contribution in [0, 0.1) is 0 Å². The smallest absolute Gasteiger partial charge is 0.366 e. The second-order valence-corrected chi connectivity index (χ2v) is 4.07. The molecule has 0 radical (unpaired) electrons. The molecule has 0 saturated heterocycles. The van der Waals surface area contributed by atoms with E-state index in [4.69, 9.17) is 50.5 Å². The second kappa shape index (κ2) is 23.6. The lowest BCUT2D eigenvalue weighted by atomic mass is 11.0. The molecule has 2 aromatic rings. The van der Waals surface area contributed by atoms with Crippen molar-refractivity contribution >= 4 is 72.0 Å². The number of nitrogens with zero attached hydrogens (tertiary/aromatic N) is 3. The van der Waals surface area contributed by atoms with Crippen molar-refractivity contribution in [3.05, 3.63) is 62.9 Å². The Hall–Kier alpha value is -1.68. The standard InChI is InChI=1S/C3Cl3N3O3.C3H3N3O3.ClHO.2ClH.H2O2.3H2O/c4-7-1(10)8(5)3(12)9(6)2(7)11;7-1-4-2(8)6-3(9)5-1;1-2;;;1-2;;;/h;(H3,4,5,6,7,8,9);2H;2*1H;1-2H;3*1H2. The largest absolute Gasteiger partial charge is 0.412 e. The maximum atomic E-state index is 10.8. The van der Waals surface area contributed by atoms with Gasteiger partial charge >= 0.3 is 34.1 Å². The van der Waals surface area contributed by atoms with Crippen LogP contribution in [0.2, 0.25) is 0 Å². The first-order valence-corrected chi connectivity index (χ1v) is 6.29. The summed E-state index contributed by atoms with van der Waals surface area (Å²) in [5.41, 5.74) is -5.89. The van der Waals surface area contributed by atoms with Gasteiger partial charge in [-0.2, -0.15) is 0 Å². The van der Waals surface area contributed by atoms with Gasteiger partial charge in [-0.3, -0.25) is 30.1 Å². The number of H-pyrrole nitrogens is 3. The summed E-state index contributed by atoms with van der Waals surface area (Å²) >= 11 is 18.9. The normalized spacial score (nSPS) is 7.30. The van der Waals surface area contributed by atoms with E-state index >= 15 is 0 Å². The lowest BCUT2D eigenvalue weighted by Crippen LogP contribution is -2.47. The maximum Gasteiger partial charge on any atom is 0.366 e. The van der Waals surface area contributed by atoms with E-state index in [1.54, 1.807) is 15.0 Å². The van der Waals surface area contributed by atoms with Gasteiger partial charge in [-0.05, 0) is 0 Å². The molecule has 30 heavy (non-hydrogen) atoms. The van der Waals surface area contributed by atoms with Gasteiger partial charge in [-0.1, -0.05) is 0 Å². The summed E-state index contributed by atoms with van der Waals surface area (Å²) in [6.45, 7) is 0. The predicted octanol–water partition coefficient (Wildman–Crippen LogP) is -4.55. The lowest BCUT2D eigenvalue weighted by Gasteiger charge is -1.96. The third kappa shape index (κ3) is 14.3. The van der Waals surface area contributed by atoms with E-state index in [1.165, 1.54) is 0 Å². The number of hydrogen-bond donors (Lipinski definition) is 6. The fourth-order valence-corrected chi connectivity index (χ4v) is 1.45. The number of halogens is 6. The molecule has 0 aliphatic heterocycles. The first-order chi connectivity index (χ1) is 11.6. The van der Waals surface area contributed by atoms with Crippen LogP contribution in [0.3, 0.4) is 0 Å². The van der Waals surface area contributed by atoms with E-state index in [0.717, 1.165) is 0 Å². The highest BCUT2D eigenvalue weighted by molar-refractivity contribution is 6.19. The molecular formula is C6H14Cl6N6O12. The molecule has 0 aromatic carbocycles. The summed E-state index contributed by atoms with van der Waals surface area (Å²) in [6, 6.07) is 0. The first-order valence-electron chi connectivity index (χ1n) is 4.94. The van der Waals surface area contributed by atoms with Gasteiger partial charge in [0.15, 0.2) is 0 Å².